The van der Waals surface area contributed by atoms with Crippen molar-refractivity contribution in [2.24, 2.45) is 0 Å². The SMILES string of the molecule is CN(CC(=O)NCCCCC(=O)O)C(=O)c1cccs1. The molecule has 2 N–H and O–H groups in total. The molecule has 1 rings (SSSR count). The third-order valence-corrected chi connectivity index (χ3v) is 3.46. The van der Waals surface area contributed by atoms with Gasteiger partial charge in [-0.15, -0.1) is 11.3 Å². The van der Waals surface area contributed by atoms with Gasteiger partial charge < -0.3 is 15.3 Å². The predicted octanol–water partition coefficient (Wildman–Crippen LogP) is 1.19. The molecule has 0 aliphatic rings. The van der Waals surface area contributed by atoms with Crippen LogP contribution in [-0.2, 0) is 9.59 Å². The molecule has 0 bridgehead atoms. The lowest BCUT2D eigenvalue weighted by atomic mass is 10.2. The Hall–Kier alpha value is -1.89. The Morgan fingerprint density at radius 3 is 2.70 bits per heavy atom. The Morgan fingerprint density at radius 2 is 2.10 bits per heavy atom. The second-order valence-corrected chi connectivity index (χ2v) is 5.29. The van der Waals surface area contributed by atoms with Gasteiger partial charge in [0.1, 0.15) is 0 Å². The van der Waals surface area contributed by atoms with E-state index >= 15 is 0 Å². The highest BCUT2D eigenvalue weighted by molar-refractivity contribution is 7.12. The largest absolute Gasteiger partial charge is 0.481 e. The van der Waals surface area contributed by atoms with Crippen molar-refractivity contribution < 1.29 is 19.5 Å². The van der Waals surface area contributed by atoms with E-state index in [0.29, 0.717) is 24.3 Å². The number of carbonyl (C=O) groups excluding carboxylic acids is 2. The van der Waals surface area contributed by atoms with Gasteiger partial charge in [0.15, 0.2) is 0 Å². The van der Waals surface area contributed by atoms with Crippen LogP contribution in [-0.4, -0.2) is 47.9 Å². The molecule has 0 aliphatic carbocycles. The van der Waals surface area contributed by atoms with Crippen LogP contribution in [0.15, 0.2) is 17.5 Å². The molecule has 0 saturated carbocycles. The summed E-state index contributed by atoms with van der Waals surface area (Å²) >= 11 is 1.34. The van der Waals surface area contributed by atoms with Crippen molar-refractivity contribution in [2.45, 2.75) is 19.3 Å². The van der Waals surface area contributed by atoms with E-state index in [1.165, 1.54) is 16.2 Å². The number of unbranched alkanes of at least 4 members (excludes halogenated alkanes) is 1. The number of carboxylic acids is 1. The minimum absolute atomic E-state index is 0.00430. The van der Waals surface area contributed by atoms with Crippen molar-refractivity contribution in [1.29, 1.82) is 0 Å². The molecule has 0 saturated heterocycles. The smallest absolute Gasteiger partial charge is 0.303 e. The minimum Gasteiger partial charge on any atom is -0.481 e. The Balaban J connectivity index is 2.21. The first-order valence-corrected chi connectivity index (χ1v) is 7.16. The van der Waals surface area contributed by atoms with Gasteiger partial charge in [0, 0.05) is 20.0 Å². The number of hydrogen-bond donors (Lipinski definition) is 2. The van der Waals surface area contributed by atoms with Gasteiger partial charge in [0.05, 0.1) is 11.4 Å². The fourth-order valence-electron chi connectivity index (χ4n) is 1.56. The quantitative estimate of drug-likeness (QED) is 0.706. The molecular formula is C13H18N2O4S. The number of rotatable bonds is 8. The number of carbonyl (C=O) groups is 3. The lowest BCUT2D eigenvalue weighted by molar-refractivity contribution is -0.137. The fourth-order valence-corrected chi connectivity index (χ4v) is 2.28. The van der Waals surface area contributed by atoms with Gasteiger partial charge in [0.25, 0.3) is 5.91 Å². The topological polar surface area (TPSA) is 86.7 Å². The first kappa shape index (κ1) is 16.2. The van der Waals surface area contributed by atoms with Crippen molar-refractivity contribution in [3.63, 3.8) is 0 Å². The molecule has 0 aromatic carbocycles. The zero-order valence-electron chi connectivity index (χ0n) is 11.3. The molecule has 0 atom stereocenters. The zero-order chi connectivity index (χ0) is 15.0. The first-order chi connectivity index (χ1) is 9.50. The molecule has 6 nitrogen and oxygen atoms in total. The van der Waals surface area contributed by atoms with Crippen LogP contribution in [0.4, 0.5) is 0 Å². The summed E-state index contributed by atoms with van der Waals surface area (Å²) in [5.41, 5.74) is 0. The first-order valence-electron chi connectivity index (χ1n) is 6.28. The molecule has 1 aromatic heterocycles. The van der Waals surface area contributed by atoms with Gasteiger partial charge in [0.2, 0.25) is 5.91 Å². The molecule has 20 heavy (non-hydrogen) atoms. The van der Waals surface area contributed by atoms with Crippen molar-refractivity contribution in [3.8, 4) is 0 Å². The maximum atomic E-state index is 11.9. The van der Waals surface area contributed by atoms with E-state index in [4.69, 9.17) is 5.11 Å². The predicted molar refractivity (Wildman–Crippen MR) is 75.8 cm³/mol. The average Bonchev–Trinajstić information content (AvgIpc) is 2.90. The van der Waals surface area contributed by atoms with Crippen LogP contribution >= 0.6 is 11.3 Å². The van der Waals surface area contributed by atoms with E-state index in [1.54, 1.807) is 19.2 Å². The highest BCUT2D eigenvalue weighted by atomic mass is 32.1. The molecule has 1 heterocycles. The summed E-state index contributed by atoms with van der Waals surface area (Å²) in [4.78, 5) is 35.7. The van der Waals surface area contributed by atoms with E-state index in [0.717, 1.165) is 0 Å². The molecule has 2 amide bonds. The van der Waals surface area contributed by atoms with Gasteiger partial charge in [-0.25, -0.2) is 0 Å². The molecule has 0 spiro atoms. The lowest BCUT2D eigenvalue weighted by Crippen LogP contribution is -2.38. The molecule has 0 unspecified atom stereocenters. The summed E-state index contributed by atoms with van der Waals surface area (Å²) in [5, 5.41) is 12.9. The van der Waals surface area contributed by atoms with E-state index < -0.39 is 5.97 Å². The van der Waals surface area contributed by atoms with Crippen LogP contribution in [0.1, 0.15) is 28.9 Å². The summed E-state index contributed by atoms with van der Waals surface area (Å²) in [6.45, 7) is 0.419. The minimum atomic E-state index is -0.836. The van der Waals surface area contributed by atoms with Gasteiger partial charge >= 0.3 is 5.97 Å². The summed E-state index contributed by atoms with van der Waals surface area (Å²) < 4.78 is 0. The van der Waals surface area contributed by atoms with Crippen LogP contribution in [0.25, 0.3) is 0 Å². The molecule has 0 fully saturated rings. The third-order valence-electron chi connectivity index (χ3n) is 2.60. The number of thiophene rings is 1. The Morgan fingerprint density at radius 1 is 1.35 bits per heavy atom. The Kier molecular flexibility index (Phi) is 6.72. The summed E-state index contributed by atoms with van der Waals surface area (Å²) in [6.07, 6.45) is 1.24. The third kappa shape index (κ3) is 5.83. The monoisotopic (exact) mass is 298 g/mol. The highest BCUT2D eigenvalue weighted by Gasteiger charge is 2.15. The van der Waals surface area contributed by atoms with Gasteiger partial charge in [-0.05, 0) is 24.3 Å². The molecule has 110 valence electrons. The van der Waals surface area contributed by atoms with Gasteiger partial charge in [-0.1, -0.05) is 6.07 Å². The summed E-state index contributed by atoms with van der Waals surface area (Å²) in [5.74, 6) is -1.26. The van der Waals surface area contributed by atoms with E-state index in [1.807, 2.05) is 5.38 Å². The van der Waals surface area contributed by atoms with Crippen molar-refractivity contribution >= 4 is 29.1 Å². The maximum absolute atomic E-state index is 11.9. The van der Waals surface area contributed by atoms with Crippen LogP contribution in [0, 0.1) is 0 Å². The normalized spacial score (nSPS) is 10.1. The van der Waals surface area contributed by atoms with Crippen LogP contribution in [0.3, 0.4) is 0 Å². The van der Waals surface area contributed by atoms with Crippen molar-refractivity contribution in [1.82, 2.24) is 10.2 Å². The Labute approximate surface area is 121 Å². The molecule has 0 radical (unpaired) electrons. The fraction of sp³-hybridized carbons (Fsp3) is 0.462. The van der Waals surface area contributed by atoms with Crippen LogP contribution < -0.4 is 5.32 Å². The number of hydrogen-bond acceptors (Lipinski definition) is 4. The Bertz CT molecular complexity index is 459. The summed E-state index contributed by atoms with van der Waals surface area (Å²) in [7, 11) is 1.58. The molecule has 1 aromatic rings. The molecular weight excluding hydrogens is 280 g/mol. The molecule has 7 heteroatoms. The highest BCUT2D eigenvalue weighted by Crippen LogP contribution is 2.10. The number of carboxylic acid groups (broad SMARTS) is 1. The van der Waals surface area contributed by atoms with E-state index in [2.05, 4.69) is 5.32 Å². The second kappa shape index (κ2) is 8.31. The van der Waals surface area contributed by atoms with Gasteiger partial charge in [-0.3, -0.25) is 14.4 Å². The number of nitrogens with one attached hydrogen (secondary N) is 1. The van der Waals surface area contributed by atoms with Crippen molar-refractivity contribution in [2.75, 3.05) is 20.1 Å². The number of likely N-dealkylation sites (N-methyl/N-ethyl adjacent to an activating group) is 1. The van der Waals surface area contributed by atoms with E-state index in [9.17, 15) is 14.4 Å². The lowest BCUT2D eigenvalue weighted by Gasteiger charge is -2.15. The number of amides is 2. The van der Waals surface area contributed by atoms with Crippen LogP contribution in [0.5, 0.6) is 0 Å². The zero-order valence-corrected chi connectivity index (χ0v) is 12.1. The van der Waals surface area contributed by atoms with Crippen molar-refractivity contribution in [3.05, 3.63) is 22.4 Å². The summed E-state index contributed by atoms with van der Waals surface area (Å²) in [6, 6.07) is 3.50. The van der Waals surface area contributed by atoms with Crippen LogP contribution in [0.2, 0.25) is 0 Å². The maximum Gasteiger partial charge on any atom is 0.303 e. The van der Waals surface area contributed by atoms with Gasteiger partial charge in [-0.2, -0.15) is 0 Å². The number of aliphatic carboxylic acids is 1. The standard InChI is InChI=1S/C13H18N2O4S/c1-15(13(19)10-5-4-8-20-10)9-11(16)14-7-3-2-6-12(17)18/h4-5,8H,2-3,6-7,9H2,1H3,(H,14,16)(H,17,18). The number of nitrogens with zero attached hydrogens (tertiary/aromatic N) is 1. The van der Waals surface area contributed by atoms with E-state index in [-0.39, 0.29) is 24.8 Å². The average molecular weight is 298 g/mol. The molecule has 0 aliphatic heterocycles. The second-order valence-electron chi connectivity index (χ2n) is 4.34.